The van der Waals surface area contributed by atoms with E-state index in [2.05, 4.69) is 23.7 Å². The molecule has 0 amide bonds. The Bertz CT molecular complexity index is 463. The number of hydrogen-bond acceptors (Lipinski definition) is 4. The van der Waals surface area contributed by atoms with Gasteiger partial charge < -0.3 is 15.2 Å². The molecule has 1 aromatic rings. The van der Waals surface area contributed by atoms with Crippen LogP contribution in [-0.4, -0.2) is 45.4 Å². The maximum atomic E-state index is 5.45. The Hall–Kier alpha value is -1.54. The minimum Gasteiger partial charge on any atom is -0.497 e. The Balaban J connectivity index is 2.93. The molecule has 0 aliphatic carbocycles. The maximum absolute atomic E-state index is 5.45. The zero-order valence-corrected chi connectivity index (χ0v) is 12.6. The summed E-state index contributed by atoms with van der Waals surface area (Å²) < 4.78 is 10.4. The monoisotopic (exact) mass is 276 g/mol. The lowest BCUT2D eigenvalue weighted by molar-refractivity contribution is 0.147. The molecule has 0 spiro atoms. The van der Waals surface area contributed by atoms with Gasteiger partial charge in [0.2, 0.25) is 0 Å². The summed E-state index contributed by atoms with van der Waals surface area (Å²) in [5.74, 6) is 6.88. The first-order valence-electron chi connectivity index (χ1n) is 6.82. The predicted octanol–water partition coefficient (Wildman–Crippen LogP) is 1.47. The molecule has 1 aromatic carbocycles. The molecule has 1 rings (SSSR count). The minimum atomic E-state index is 0.368. The van der Waals surface area contributed by atoms with Crippen LogP contribution in [0, 0.1) is 11.8 Å². The van der Waals surface area contributed by atoms with Crippen molar-refractivity contribution in [1.82, 2.24) is 4.90 Å². The molecule has 0 atom stereocenters. The first-order valence-corrected chi connectivity index (χ1v) is 6.82. The maximum Gasteiger partial charge on any atom is 0.119 e. The van der Waals surface area contributed by atoms with E-state index in [-0.39, 0.29) is 0 Å². The summed E-state index contributed by atoms with van der Waals surface area (Å²) in [5, 5.41) is 0. The van der Waals surface area contributed by atoms with Crippen molar-refractivity contribution in [3.05, 3.63) is 29.3 Å². The summed E-state index contributed by atoms with van der Waals surface area (Å²) in [6, 6.07) is 5.95. The fourth-order valence-electron chi connectivity index (χ4n) is 1.91. The number of likely N-dealkylation sites (N-methyl/N-ethyl adjacent to an activating group) is 1. The van der Waals surface area contributed by atoms with Crippen LogP contribution in [0.15, 0.2) is 18.2 Å². The van der Waals surface area contributed by atoms with E-state index in [1.807, 2.05) is 18.2 Å². The third-order valence-electron chi connectivity index (χ3n) is 3.09. The molecule has 0 aliphatic rings. The molecule has 0 aliphatic heterocycles. The Morgan fingerprint density at radius 1 is 1.30 bits per heavy atom. The number of hydrogen-bond donors (Lipinski definition) is 1. The molecule has 110 valence electrons. The van der Waals surface area contributed by atoms with E-state index in [9.17, 15) is 0 Å². The Morgan fingerprint density at radius 2 is 2.10 bits per heavy atom. The molecule has 2 N–H and O–H groups in total. The van der Waals surface area contributed by atoms with Crippen LogP contribution in [0.2, 0.25) is 0 Å². The SMILES string of the molecule is CCN(CCOC)Cc1cc(OC)ccc1C#CCN. The van der Waals surface area contributed by atoms with E-state index in [4.69, 9.17) is 15.2 Å². The van der Waals surface area contributed by atoms with Crippen LogP contribution in [0.25, 0.3) is 0 Å². The van der Waals surface area contributed by atoms with Crippen molar-refractivity contribution in [2.75, 3.05) is 40.5 Å². The lowest BCUT2D eigenvalue weighted by atomic mass is 10.1. The van der Waals surface area contributed by atoms with Gasteiger partial charge in [-0.2, -0.15) is 0 Å². The van der Waals surface area contributed by atoms with Gasteiger partial charge in [-0.1, -0.05) is 18.8 Å². The fraction of sp³-hybridized carbons (Fsp3) is 0.500. The Kier molecular flexibility index (Phi) is 7.74. The predicted molar refractivity (Wildman–Crippen MR) is 81.8 cm³/mol. The quantitative estimate of drug-likeness (QED) is 0.766. The first kappa shape index (κ1) is 16.5. The third-order valence-corrected chi connectivity index (χ3v) is 3.09. The van der Waals surface area contributed by atoms with Gasteiger partial charge in [-0.25, -0.2) is 0 Å². The van der Waals surface area contributed by atoms with Crippen LogP contribution in [0.5, 0.6) is 5.75 Å². The molecule has 0 radical (unpaired) electrons. The molecule has 0 saturated carbocycles. The van der Waals surface area contributed by atoms with Crippen molar-refractivity contribution in [3.63, 3.8) is 0 Å². The van der Waals surface area contributed by atoms with Gasteiger partial charge in [-0.05, 0) is 30.3 Å². The molecule has 0 bridgehead atoms. The molecule has 0 heterocycles. The van der Waals surface area contributed by atoms with E-state index in [1.54, 1.807) is 14.2 Å². The van der Waals surface area contributed by atoms with Crippen molar-refractivity contribution in [2.24, 2.45) is 5.73 Å². The van der Waals surface area contributed by atoms with Gasteiger partial charge in [-0.15, -0.1) is 0 Å². The van der Waals surface area contributed by atoms with E-state index in [1.165, 1.54) is 0 Å². The van der Waals surface area contributed by atoms with Crippen molar-refractivity contribution in [2.45, 2.75) is 13.5 Å². The summed E-state index contributed by atoms with van der Waals surface area (Å²) >= 11 is 0. The highest BCUT2D eigenvalue weighted by Crippen LogP contribution is 2.18. The number of nitrogens with two attached hydrogens (primary N) is 1. The number of benzene rings is 1. The van der Waals surface area contributed by atoms with Gasteiger partial charge in [0.25, 0.3) is 0 Å². The molecule has 0 fully saturated rings. The van der Waals surface area contributed by atoms with Gasteiger partial charge in [0.1, 0.15) is 5.75 Å². The van der Waals surface area contributed by atoms with Crippen LogP contribution >= 0.6 is 0 Å². The molecule has 0 saturated heterocycles. The third kappa shape index (κ3) is 5.22. The van der Waals surface area contributed by atoms with Crippen LogP contribution in [0.3, 0.4) is 0 Å². The van der Waals surface area contributed by atoms with E-state index >= 15 is 0 Å². The number of methoxy groups -OCH3 is 2. The zero-order chi connectivity index (χ0) is 14.8. The fourth-order valence-corrected chi connectivity index (χ4v) is 1.91. The van der Waals surface area contributed by atoms with E-state index < -0.39 is 0 Å². The minimum absolute atomic E-state index is 0.368. The van der Waals surface area contributed by atoms with Gasteiger partial charge in [0.05, 0.1) is 20.3 Å². The second-order valence-electron chi connectivity index (χ2n) is 4.39. The Labute approximate surface area is 121 Å². The van der Waals surface area contributed by atoms with Crippen molar-refractivity contribution < 1.29 is 9.47 Å². The lowest BCUT2D eigenvalue weighted by Gasteiger charge is -2.21. The Morgan fingerprint density at radius 3 is 2.70 bits per heavy atom. The van der Waals surface area contributed by atoms with Gasteiger partial charge in [0.15, 0.2) is 0 Å². The highest BCUT2D eigenvalue weighted by molar-refractivity contribution is 5.45. The van der Waals surface area contributed by atoms with Crippen LogP contribution < -0.4 is 10.5 Å². The molecule has 4 heteroatoms. The van der Waals surface area contributed by atoms with Gasteiger partial charge >= 0.3 is 0 Å². The second-order valence-corrected chi connectivity index (χ2v) is 4.39. The molecular weight excluding hydrogens is 252 g/mol. The van der Waals surface area contributed by atoms with Crippen molar-refractivity contribution in [1.29, 1.82) is 0 Å². The lowest BCUT2D eigenvalue weighted by Crippen LogP contribution is -2.27. The van der Waals surface area contributed by atoms with E-state index in [0.29, 0.717) is 6.54 Å². The number of nitrogens with zero attached hydrogens (tertiary/aromatic N) is 1. The van der Waals surface area contributed by atoms with Crippen molar-refractivity contribution >= 4 is 0 Å². The topological polar surface area (TPSA) is 47.7 Å². The molecular formula is C16H24N2O2. The average molecular weight is 276 g/mol. The molecule has 4 nitrogen and oxygen atoms in total. The van der Waals surface area contributed by atoms with Crippen LogP contribution in [-0.2, 0) is 11.3 Å². The summed E-state index contributed by atoms with van der Waals surface area (Å²) in [7, 11) is 3.39. The van der Waals surface area contributed by atoms with E-state index in [0.717, 1.165) is 43.1 Å². The number of ether oxygens (including phenoxy) is 2. The summed E-state index contributed by atoms with van der Waals surface area (Å²) in [5.41, 5.74) is 7.61. The smallest absolute Gasteiger partial charge is 0.119 e. The number of rotatable bonds is 7. The molecule has 0 unspecified atom stereocenters. The standard InChI is InChI=1S/C16H24N2O2/c1-4-18(10-11-19-2)13-15-12-16(20-3)8-7-14(15)6-5-9-17/h7-8,12H,4,9-11,13,17H2,1-3H3. The van der Waals surface area contributed by atoms with Crippen LogP contribution in [0.1, 0.15) is 18.1 Å². The first-order chi connectivity index (χ1) is 9.74. The highest BCUT2D eigenvalue weighted by atomic mass is 16.5. The summed E-state index contributed by atoms with van der Waals surface area (Å²) in [6.07, 6.45) is 0. The zero-order valence-electron chi connectivity index (χ0n) is 12.6. The largest absolute Gasteiger partial charge is 0.497 e. The summed E-state index contributed by atoms with van der Waals surface area (Å²) in [6.45, 7) is 5.92. The molecule has 0 aromatic heterocycles. The van der Waals surface area contributed by atoms with Crippen molar-refractivity contribution in [3.8, 4) is 17.6 Å². The van der Waals surface area contributed by atoms with Gasteiger partial charge in [-0.3, -0.25) is 4.90 Å². The van der Waals surface area contributed by atoms with Crippen LogP contribution in [0.4, 0.5) is 0 Å². The average Bonchev–Trinajstić information content (AvgIpc) is 2.49. The second kappa shape index (κ2) is 9.38. The molecule has 20 heavy (non-hydrogen) atoms. The highest BCUT2D eigenvalue weighted by Gasteiger charge is 2.08. The normalized spacial score (nSPS) is 10.2. The summed E-state index contributed by atoms with van der Waals surface area (Å²) in [4.78, 5) is 2.31. The van der Waals surface area contributed by atoms with Gasteiger partial charge in [0, 0.05) is 25.8 Å².